The third-order valence-corrected chi connectivity index (χ3v) is 2.81. The molecule has 0 amide bonds. The van der Waals surface area contributed by atoms with Crippen LogP contribution in [0.1, 0.15) is 44.9 Å². The Bertz CT molecular complexity index is 290. The maximum atomic E-state index is 4.33. The van der Waals surface area contributed by atoms with Crippen LogP contribution in [-0.2, 0) is 0 Å². The molecule has 84 valence electrons. The van der Waals surface area contributed by atoms with Crippen LogP contribution >= 0.6 is 0 Å². The van der Waals surface area contributed by atoms with Crippen LogP contribution in [0.3, 0.4) is 0 Å². The quantitative estimate of drug-likeness (QED) is 0.819. The average Bonchev–Trinajstić information content (AvgIpc) is 2.17. The lowest BCUT2D eigenvalue weighted by Gasteiger charge is -2.23. The van der Waals surface area contributed by atoms with Gasteiger partial charge in [0.15, 0.2) is 0 Å². The van der Waals surface area contributed by atoms with Crippen LogP contribution in [-0.4, -0.2) is 17.1 Å². The van der Waals surface area contributed by atoms with Crippen LogP contribution in [0.4, 0.5) is 0 Å². The second kappa shape index (κ2) is 5.26. The van der Waals surface area contributed by atoms with Crippen molar-refractivity contribution in [3.05, 3.63) is 29.6 Å². The maximum Gasteiger partial charge on any atom is 0.0372 e. The summed E-state index contributed by atoms with van der Waals surface area (Å²) in [7, 11) is 0. The second-order valence-electron chi connectivity index (χ2n) is 4.63. The van der Waals surface area contributed by atoms with Gasteiger partial charge in [-0.1, -0.05) is 26.8 Å². The number of aromatic nitrogens is 1. The van der Waals surface area contributed by atoms with Crippen LogP contribution in [0.25, 0.3) is 0 Å². The van der Waals surface area contributed by atoms with Gasteiger partial charge >= 0.3 is 0 Å². The summed E-state index contributed by atoms with van der Waals surface area (Å²) in [5.41, 5.74) is 2.39. The highest BCUT2D eigenvalue weighted by molar-refractivity contribution is 5.18. The van der Waals surface area contributed by atoms with Gasteiger partial charge in [-0.15, -0.1) is 0 Å². The molecule has 0 aliphatic heterocycles. The molecule has 2 heteroatoms. The first-order valence-electron chi connectivity index (χ1n) is 5.69. The van der Waals surface area contributed by atoms with E-state index in [1.807, 2.05) is 13.1 Å². The average molecular weight is 206 g/mol. The molecule has 0 bridgehead atoms. The zero-order valence-electron chi connectivity index (χ0n) is 10.4. The SMILES string of the molecule is Cc1ccc(C(C)C(C)NC(C)C)cn1. The van der Waals surface area contributed by atoms with Gasteiger partial charge in [0.2, 0.25) is 0 Å². The molecular weight excluding hydrogens is 184 g/mol. The number of nitrogens with zero attached hydrogens (tertiary/aromatic N) is 1. The molecule has 0 aliphatic rings. The first-order chi connectivity index (χ1) is 7.00. The molecule has 15 heavy (non-hydrogen) atoms. The third kappa shape index (κ3) is 3.63. The van der Waals surface area contributed by atoms with E-state index in [-0.39, 0.29) is 0 Å². The van der Waals surface area contributed by atoms with E-state index in [4.69, 9.17) is 0 Å². The first-order valence-corrected chi connectivity index (χ1v) is 5.69. The Balaban J connectivity index is 2.67. The molecule has 0 spiro atoms. The van der Waals surface area contributed by atoms with Crippen molar-refractivity contribution in [3.63, 3.8) is 0 Å². The number of hydrogen-bond acceptors (Lipinski definition) is 2. The summed E-state index contributed by atoms with van der Waals surface area (Å²) in [4.78, 5) is 4.33. The summed E-state index contributed by atoms with van der Waals surface area (Å²) in [6, 6.07) is 5.26. The molecule has 1 N–H and O–H groups in total. The van der Waals surface area contributed by atoms with Crippen molar-refractivity contribution in [2.24, 2.45) is 0 Å². The van der Waals surface area contributed by atoms with Gasteiger partial charge < -0.3 is 5.32 Å². The fourth-order valence-electron chi connectivity index (χ4n) is 1.71. The van der Waals surface area contributed by atoms with E-state index in [0.717, 1.165) is 5.69 Å². The molecule has 2 atom stereocenters. The minimum atomic E-state index is 0.481. The van der Waals surface area contributed by atoms with E-state index >= 15 is 0 Å². The van der Waals surface area contributed by atoms with Crippen molar-refractivity contribution < 1.29 is 0 Å². The molecule has 0 fully saturated rings. The van der Waals surface area contributed by atoms with Crippen molar-refractivity contribution in [2.75, 3.05) is 0 Å². The Labute approximate surface area is 93.1 Å². The van der Waals surface area contributed by atoms with Crippen molar-refractivity contribution in [2.45, 2.75) is 52.6 Å². The summed E-state index contributed by atoms with van der Waals surface area (Å²) >= 11 is 0. The Morgan fingerprint density at radius 2 is 1.80 bits per heavy atom. The minimum Gasteiger partial charge on any atom is -0.311 e. The zero-order valence-corrected chi connectivity index (χ0v) is 10.4. The monoisotopic (exact) mass is 206 g/mol. The number of rotatable bonds is 4. The normalized spacial score (nSPS) is 15.3. The van der Waals surface area contributed by atoms with Gasteiger partial charge in [0.25, 0.3) is 0 Å². The van der Waals surface area contributed by atoms with E-state index < -0.39 is 0 Å². The van der Waals surface area contributed by atoms with Gasteiger partial charge in [-0.25, -0.2) is 0 Å². The number of nitrogens with one attached hydrogen (secondary N) is 1. The third-order valence-electron chi connectivity index (χ3n) is 2.81. The lowest BCUT2D eigenvalue weighted by atomic mass is 9.95. The van der Waals surface area contributed by atoms with Crippen LogP contribution in [0.5, 0.6) is 0 Å². The fraction of sp³-hybridized carbons (Fsp3) is 0.615. The Morgan fingerprint density at radius 1 is 1.13 bits per heavy atom. The molecular formula is C13H22N2. The smallest absolute Gasteiger partial charge is 0.0372 e. The first kappa shape index (κ1) is 12.2. The molecule has 1 rings (SSSR count). The molecule has 0 saturated carbocycles. The maximum absolute atomic E-state index is 4.33. The summed E-state index contributed by atoms with van der Waals surface area (Å²) in [6.07, 6.45) is 1.98. The summed E-state index contributed by atoms with van der Waals surface area (Å²) in [5.74, 6) is 0.500. The molecule has 1 aromatic rings. The Hall–Kier alpha value is -0.890. The molecule has 1 heterocycles. The largest absolute Gasteiger partial charge is 0.311 e. The summed E-state index contributed by atoms with van der Waals surface area (Å²) in [6.45, 7) is 10.8. The van der Waals surface area contributed by atoms with Gasteiger partial charge in [-0.05, 0) is 31.4 Å². The van der Waals surface area contributed by atoms with Crippen LogP contribution < -0.4 is 5.32 Å². The lowest BCUT2D eigenvalue weighted by Crippen LogP contribution is -2.36. The standard InChI is InChI=1S/C13H22N2/c1-9(2)15-12(5)11(4)13-7-6-10(3)14-8-13/h6-9,11-12,15H,1-5H3. The fourth-order valence-corrected chi connectivity index (χ4v) is 1.71. The highest BCUT2D eigenvalue weighted by Crippen LogP contribution is 2.18. The van der Waals surface area contributed by atoms with Gasteiger partial charge in [0, 0.05) is 24.0 Å². The van der Waals surface area contributed by atoms with Crippen molar-refractivity contribution in [1.82, 2.24) is 10.3 Å². The van der Waals surface area contributed by atoms with E-state index in [0.29, 0.717) is 18.0 Å². The van der Waals surface area contributed by atoms with Gasteiger partial charge in [-0.3, -0.25) is 4.98 Å². The number of pyridine rings is 1. The predicted octanol–water partition coefficient (Wildman–Crippen LogP) is 2.88. The van der Waals surface area contributed by atoms with Gasteiger partial charge in [-0.2, -0.15) is 0 Å². The molecule has 2 unspecified atom stereocenters. The second-order valence-corrected chi connectivity index (χ2v) is 4.63. The predicted molar refractivity (Wildman–Crippen MR) is 65.1 cm³/mol. The number of hydrogen-bond donors (Lipinski definition) is 1. The molecule has 2 nitrogen and oxygen atoms in total. The number of aryl methyl sites for hydroxylation is 1. The topological polar surface area (TPSA) is 24.9 Å². The van der Waals surface area contributed by atoms with E-state index in [2.05, 4.69) is 50.1 Å². The van der Waals surface area contributed by atoms with Crippen molar-refractivity contribution in [3.8, 4) is 0 Å². The zero-order chi connectivity index (χ0) is 11.4. The van der Waals surface area contributed by atoms with E-state index in [1.54, 1.807) is 0 Å². The highest BCUT2D eigenvalue weighted by atomic mass is 14.9. The molecule has 0 radical (unpaired) electrons. The van der Waals surface area contributed by atoms with Gasteiger partial charge in [0.05, 0.1) is 0 Å². The summed E-state index contributed by atoms with van der Waals surface area (Å²) in [5, 5.41) is 3.53. The van der Waals surface area contributed by atoms with Crippen molar-refractivity contribution in [1.29, 1.82) is 0 Å². The van der Waals surface area contributed by atoms with Crippen molar-refractivity contribution >= 4 is 0 Å². The van der Waals surface area contributed by atoms with Crippen LogP contribution in [0, 0.1) is 6.92 Å². The minimum absolute atomic E-state index is 0.481. The van der Waals surface area contributed by atoms with Crippen LogP contribution in [0.2, 0.25) is 0 Å². The lowest BCUT2D eigenvalue weighted by molar-refractivity contribution is 0.439. The van der Waals surface area contributed by atoms with Crippen LogP contribution in [0.15, 0.2) is 18.3 Å². The molecule has 1 aromatic heterocycles. The molecule has 0 aromatic carbocycles. The van der Waals surface area contributed by atoms with E-state index in [1.165, 1.54) is 5.56 Å². The van der Waals surface area contributed by atoms with Gasteiger partial charge in [0.1, 0.15) is 0 Å². The van der Waals surface area contributed by atoms with E-state index in [9.17, 15) is 0 Å². The summed E-state index contributed by atoms with van der Waals surface area (Å²) < 4.78 is 0. The molecule has 0 aliphatic carbocycles. The Kier molecular flexibility index (Phi) is 4.28. The molecule has 0 saturated heterocycles. The highest BCUT2D eigenvalue weighted by Gasteiger charge is 2.14. The Morgan fingerprint density at radius 3 is 2.27 bits per heavy atom.